The highest BCUT2D eigenvalue weighted by Gasteiger charge is 2.40. The van der Waals surface area contributed by atoms with Crippen molar-refractivity contribution in [2.45, 2.75) is 38.1 Å². The van der Waals surface area contributed by atoms with Gasteiger partial charge in [0.2, 0.25) is 0 Å². The van der Waals surface area contributed by atoms with E-state index in [1.54, 1.807) is 6.07 Å². The van der Waals surface area contributed by atoms with Crippen molar-refractivity contribution in [2.75, 3.05) is 39.5 Å². The molecule has 152 valence electrons. The fraction of sp³-hybridized carbons (Fsp3) is 0.650. The van der Waals surface area contributed by atoms with Gasteiger partial charge in [-0.2, -0.15) is 0 Å². The molecule has 1 heterocycles. The summed E-state index contributed by atoms with van der Waals surface area (Å²) in [5.41, 5.74) is 0.796. The fourth-order valence-corrected chi connectivity index (χ4v) is 3.29. The Morgan fingerprint density at radius 1 is 1.37 bits per heavy atom. The summed E-state index contributed by atoms with van der Waals surface area (Å²) in [6.45, 7) is 6.78. The van der Waals surface area contributed by atoms with E-state index in [2.05, 4.69) is 15.6 Å². The summed E-state index contributed by atoms with van der Waals surface area (Å²) < 4.78 is 24.9. The van der Waals surface area contributed by atoms with Crippen LogP contribution in [0.3, 0.4) is 0 Å². The second-order valence-corrected chi connectivity index (χ2v) is 7.03. The van der Waals surface area contributed by atoms with Gasteiger partial charge in [-0.25, -0.2) is 4.39 Å². The van der Waals surface area contributed by atoms with Gasteiger partial charge in [0, 0.05) is 44.2 Å². The van der Waals surface area contributed by atoms with E-state index in [0.29, 0.717) is 12.5 Å². The van der Waals surface area contributed by atoms with Crippen molar-refractivity contribution in [2.24, 2.45) is 10.9 Å². The molecule has 2 aliphatic rings. The van der Waals surface area contributed by atoms with E-state index in [0.717, 1.165) is 63.8 Å². The molecule has 1 saturated carbocycles. The summed E-state index contributed by atoms with van der Waals surface area (Å²) in [5, 5.41) is 6.68. The lowest BCUT2D eigenvalue weighted by Crippen LogP contribution is -2.39. The van der Waals surface area contributed by atoms with E-state index in [-0.39, 0.29) is 41.8 Å². The topological polar surface area (TPSA) is 54.9 Å². The third-order valence-electron chi connectivity index (χ3n) is 4.86. The van der Waals surface area contributed by atoms with Crippen LogP contribution in [0.1, 0.15) is 37.7 Å². The van der Waals surface area contributed by atoms with Crippen LogP contribution in [-0.4, -0.2) is 51.5 Å². The standard InChI is InChI=1S/C20H30FN3O2.HI/c1-2-22-20(23-9-5-10-25-13-15-8-11-26-14-15)24-19-12-17(19)16-6-3-4-7-18(16)21;/h3-4,6-7,15,17,19H,2,5,8-14H2,1H3,(H2,22,23,24);1H. The molecule has 1 aliphatic carbocycles. The van der Waals surface area contributed by atoms with Crippen molar-refractivity contribution >= 4 is 29.9 Å². The van der Waals surface area contributed by atoms with Crippen molar-refractivity contribution in [3.63, 3.8) is 0 Å². The van der Waals surface area contributed by atoms with Crippen molar-refractivity contribution in [1.29, 1.82) is 0 Å². The highest BCUT2D eigenvalue weighted by Crippen LogP contribution is 2.41. The molecule has 27 heavy (non-hydrogen) atoms. The van der Waals surface area contributed by atoms with E-state index in [9.17, 15) is 4.39 Å². The average Bonchev–Trinajstić information content (AvgIpc) is 3.19. The van der Waals surface area contributed by atoms with Gasteiger partial charge in [-0.1, -0.05) is 18.2 Å². The molecule has 0 radical (unpaired) electrons. The molecule has 3 rings (SSSR count). The Morgan fingerprint density at radius 2 is 2.22 bits per heavy atom. The van der Waals surface area contributed by atoms with Crippen molar-refractivity contribution in [1.82, 2.24) is 10.6 Å². The Labute approximate surface area is 178 Å². The van der Waals surface area contributed by atoms with Gasteiger partial charge in [-0.3, -0.25) is 4.99 Å². The zero-order valence-electron chi connectivity index (χ0n) is 16.0. The minimum Gasteiger partial charge on any atom is -0.381 e. The van der Waals surface area contributed by atoms with Gasteiger partial charge in [0.05, 0.1) is 13.2 Å². The van der Waals surface area contributed by atoms with E-state index in [4.69, 9.17) is 9.47 Å². The number of hydrogen-bond acceptors (Lipinski definition) is 3. The molecule has 5 nitrogen and oxygen atoms in total. The number of nitrogens with one attached hydrogen (secondary N) is 2. The number of nitrogens with zero attached hydrogens (tertiary/aromatic N) is 1. The quantitative estimate of drug-likeness (QED) is 0.241. The molecular formula is C20H31FIN3O2. The summed E-state index contributed by atoms with van der Waals surface area (Å²) in [6.07, 6.45) is 2.95. The first-order chi connectivity index (χ1) is 12.8. The molecule has 7 heteroatoms. The lowest BCUT2D eigenvalue weighted by molar-refractivity contribution is 0.0893. The molecule has 1 aromatic rings. The summed E-state index contributed by atoms with van der Waals surface area (Å²) >= 11 is 0. The number of aliphatic imine (C=N–C) groups is 1. The lowest BCUT2D eigenvalue weighted by Gasteiger charge is -2.12. The van der Waals surface area contributed by atoms with Gasteiger partial charge < -0.3 is 20.1 Å². The van der Waals surface area contributed by atoms with Crippen LogP contribution < -0.4 is 10.6 Å². The van der Waals surface area contributed by atoms with Crippen molar-refractivity contribution in [3.05, 3.63) is 35.6 Å². The maximum absolute atomic E-state index is 13.9. The highest BCUT2D eigenvalue weighted by molar-refractivity contribution is 14.0. The van der Waals surface area contributed by atoms with E-state index in [1.807, 2.05) is 19.1 Å². The highest BCUT2D eigenvalue weighted by atomic mass is 127. The predicted octanol–water partition coefficient (Wildman–Crippen LogP) is 3.30. The molecule has 3 atom stereocenters. The van der Waals surface area contributed by atoms with Crippen LogP contribution in [0.2, 0.25) is 0 Å². The number of ether oxygens (including phenoxy) is 2. The number of benzene rings is 1. The van der Waals surface area contributed by atoms with Crippen molar-refractivity contribution in [3.8, 4) is 0 Å². The maximum atomic E-state index is 13.9. The number of hydrogen-bond donors (Lipinski definition) is 2. The second-order valence-electron chi connectivity index (χ2n) is 7.03. The maximum Gasteiger partial charge on any atom is 0.191 e. The first-order valence-corrected chi connectivity index (χ1v) is 9.72. The molecule has 1 saturated heterocycles. The third-order valence-corrected chi connectivity index (χ3v) is 4.86. The van der Waals surface area contributed by atoms with E-state index >= 15 is 0 Å². The summed E-state index contributed by atoms with van der Waals surface area (Å²) in [4.78, 5) is 4.61. The Kier molecular flexibility index (Phi) is 9.78. The van der Waals surface area contributed by atoms with Gasteiger partial charge in [0.25, 0.3) is 0 Å². The molecule has 1 aromatic carbocycles. The van der Waals surface area contributed by atoms with E-state index in [1.165, 1.54) is 6.07 Å². The average molecular weight is 491 g/mol. The third kappa shape index (κ3) is 7.19. The Bertz CT molecular complexity index is 596. The number of guanidine groups is 1. The van der Waals surface area contributed by atoms with Crippen LogP contribution in [0.25, 0.3) is 0 Å². The lowest BCUT2D eigenvalue weighted by atomic mass is 10.1. The monoisotopic (exact) mass is 491 g/mol. The number of halogens is 2. The van der Waals surface area contributed by atoms with E-state index < -0.39 is 0 Å². The molecule has 2 N–H and O–H groups in total. The van der Waals surface area contributed by atoms with Crippen LogP contribution >= 0.6 is 24.0 Å². The van der Waals surface area contributed by atoms with Crippen LogP contribution in [0, 0.1) is 11.7 Å². The van der Waals surface area contributed by atoms with Crippen LogP contribution in [-0.2, 0) is 9.47 Å². The molecule has 0 aromatic heterocycles. The van der Waals surface area contributed by atoms with Crippen molar-refractivity contribution < 1.29 is 13.9 Å². The zero-order valence-corrected chi connectivity index (χ0v) is 18.3. The van der Waals surface area contributed by atoms with Crippen LogP contribution in [0.15, 0.2) is 29.3 Å². The van der Waals surface area contributed by atoms with Gasteiger partial charge in [0.1, 0.15) is 5.82 Å². The predicted molar refractivity (Wildman–Crippen MR) is 116 cm³/mol. The summed E-state index contributed by atoms with van der Waals surface area (Å²) in [6, 6.07) is 7.28. The largest absolute Gasteiger partial charge is 0.381 e. The summed E-state index contributed by atoms with van der Waals surface area (Å²) in [7, 11) is 0. The minimum absolute atomic E-state index is 0. The van der Waals surface area contributed by atoms with Gasteiger partial charge in [0.15, 0.2) is 5.96 Å². The Hall–Kier alpha value is -0.930. The first-order valence-electron chi connectivity index (χ1n) is 9.72. The smallest absolute Gasteiger partial charge is 0.191 e. The first kappa shape index (κ1) is 22.4. The molecule has 0 spiro atoms. The molecule has 1 aliphatic heterocycles. The SMILES string of the molecule is CCNC(=NCCCOCC1CCOC1)NC1CC1c1ccccc1F.I. The molecule has 3 unspecified atom stereocenters. The molecule has 0 amide bonds. The Balaban J connectivity index is 0.00000261. The fourth-order valence-electron chi connectivity index (χ4n) is 3.29. The minimum atomic E-state index is -0.117. The zero-order chi connectivity index (χ0) is 18.2. The molecule has 0 bridgehead atoms. The van der Waals surface area contributed by atoms with Gasteiger partial charge in [-0.05, 0) is 37.8 Å². The Morgan fingerprint density at radius 3 is 2.96 bits per heavy atom. The van der Waals surface area contributed by atoms with Gasteiger partial charge in [-0.15, -0.1) is 24.0 Å². The van der Waals surface area contributed by atoms with Crippen LogP contribution in [0.4, 0.5) is 4.39 Å². The number of rotatable bonds is 9. The van der Waals surface area contributed by atoms with Gasteiger partial charge >= 0.3 is 0 Å². The molecular weight excluding hydrogens is 460 g/mol. The second kappa shape index (κ2) is 11.8. The molecule has 2 fully saturated rings. The normalized spacial score (nSPS) is 24.4. The summed E-state index contributed by atoms with van der Waals surface area (Å²) in [5.74, 6) is 1.48. The van der Waals surface area contributed by atoms with Crippen LogP contribution in [0.5, 0.6) is 0 Å².